The van der Waals surface area contributed by atoms with E-state index < -0.39 is 11.6 Å². The second-order valence-electron chi connectivity index (χ2n) is 5.66. The monoisotopic (exact) mass is 279 g/mol. The van der Waals surface area contributed by atoms with Crippen LogP contribution >= 0.6 is 0 Å². The molecule has 2 aromatic rings. The number of halogens is 2. The van der Waals surface area contributed by atoms with Crippen LogP contribution in [0.4, 0.5) is 14.6 Å². The highest BCUT2D eigenvalue weighted by atomic mass is 19.2. The van der Waals surface area contributed by atoms with E-state index >= 15 is 0 Å². The van der Waals surface area contributed by atoms with Gasteiger partial charge in [0.15, 0.2) is 11.6 Å². The van der Waals surface area contributed by atoms with Gasteiger partial charge in [0.1, 0.15) is 0 Å². The second-order valence-corrected chi connectivity index (χ2v) is 5.66. The number of anilines is 1. The maximum absolute atomic E-state index is 13.6. The van der Waals surface area contributed by atoms with Gasteiger partial charge in [0.05, 0.1) is 5.39 Å². The highest BCUT2D eigenvalue weighted by Crippen LogP contribution is 2.32. The molecule has 3 fully saturated rings. The summed E-state index contributed by atoms with van der Waals surface area (Å²) < 4.78 is 31.7. The largest absolute Gasteiger partial charge is 0.362 e. The predicted octanol–water partition coefficient (Wildman–Crippen LogP) is 2.61. The molecule has 6 heteroatoms. The third-order valence-electron chi connectivity index (χ3n) is 4.51. The van der Waals surface area contributed by atoms with Gasteiger partial charge in [-0.1, -0.05) is 5.16 Å². The summed E-state index contributed by atoms with van der Waals surface area (Å²) in [5.74, 6) is -0.755. The molecule has 0 aliphatic carbocycles. The first-order valence-electron chi connectivity index (χ1n) is 6.94. The summed E-state index contributed by atoms with van der Waals surface area (Å²) in [7, 11) is 0. The Kier molecular flexibility index (Phi) is 2.66. The van der Waals surface area contributed by atoms with Gasteiger partial charge < -0.3 is 14.7 Å². The summed E-state index contributed by atoms with van der Waals surface area (Å²) in [6, 6.07) is 2.92. The van der Waals surface area contributed by atoms with Crippen LogP contribution in [0.5, 0.6) is 0 Å². The zero-order valence-electron chi connectivity index (χ0n) is 10.9. The fraction of sp³-hybridized carbons (Fsp3) is 0.500. The molecule has 2 bridgehead atoms. The van der Waals surface area contributed by atoms with Gasteiger partial charge in [0, 0.05) is 12.6 Å². The SMILES string of the molecule is Fc1ccc2c(N[C@H]3CN4CCC3CC4)noc2c1F. The van der Waals surface area contributed by atoms with Crippen LogP contribution in [0, 0.1) is 17.6 Å². The molecule has 1 aromatic carbocycles. The first-order chi connectivity index (χ1) is 9.72. The van der Waals surface area contributed by atoms with E-state index in [0.717, 1.165) is 25.7 Å². The van der Waals surface area contributed by atoms with Gasteiger partial charge >= 0.3 is 0 Å². The van der Waals surface area contributed by atoms with Crippen molar-refractivity contribution in [2.45, 2.75) is 18.9 Å². The van der Waals surface area contributed by atoms with E-state index in [9.17, 15) is 8.78 Å². The van der Waals surface area contributed by atoms with Crippen LogP contribution < -0.4 is 5.32 Å². The van der Waals surface area contributed by atoms with Gasteiger partial charge in [-0.2, -0.15) is 4.39 Å². The zero-order valence-corrected chi connectivity index (χ0v) is 10.9. The molecule has 1 N–H and O–H groups in total. The fourth-order valence-electron chi connectivity index (χ4n) is 3.36. The van der Waals surface area contributed by atoms with Gasteiger partial charge in [-0.25, -0.2) is 4.39 Å². The van der Waals surface area contributed by atoms with E-state index in [1.165, 1.54) is 18.9 Å². The Bertz CT molecular complexity index is 649. The van der Waals surface area contributed by atoms with Crippen molar-refractivity contribution in [2.24, 2.45) is 5.92 Å². The third kappa shape index (κ3) is 1.78. The minimum Gasteiger partial charge on any atom is -0.362 e. The van der Waals surface area contributed by atoms with Crippen molar-refractivity contribution in [3.05, 3.63) is 23.8 Å². The van der Waals surface area contributed by atoms with Crippen molar-refractivity contribution in [1.29, 1.82) is 0 Å². The lowest BCUT2D eigenvalue weighted by Gasteiger charge is -2.44. The molecule has 1 aromatic heterocycles. The van der Waals surface area contributed by atoms with E-state index in [4.69, 9.17) is 4.52 Å². The lowest BCUT2D eigenvalue weighted by atomic mass is 9.84. The summed E-state index contributed by atoms with van der Waals surface area (Å²) >= 11 is 0. The molecule has 0 unspecified atom stereocenters. The smallest absolute Gasteiger partial charge is 0.207 e. The Morgan fingerprint density at radius 1 is 1.25 bits per heavy atom. The highest BCUT2D eigenvalue weighted by molar-refractivity contribution is 5.88. The minimum absolute atomic E-state index is 0.117. The number of hydrogen-bond acceptors (Lipinski definition) is 4. The first-order valence-corrected chi connectivity index (χ1v) is 6.94. The Labute approximate surface area is 114 Å². The second kappa shape index (κ2) is 4.41. The molecule has 0 amide bonds. The lowest BCUT2D eigenvalue weighted by molar-refractivity contribution is 0.0973. The zero-order chi connectivity index (χ0) is 13.7. The van der Waals surface area contributed by atoms with E-state index in [1.807, 2.05) is 0 Å². The molecule has 0 radical (unpaired) electrons. The maximum Gasteiger partial charge on any atom is 0.207 e. The molecule has 0 spiro atoms. The third-order valence-corrected chi connectivity index (χ3v) is 4.51. The summed E-state index contributed by atoms with van der Waals surface area (Å²) in [4.78, 5) is 2.42. The highest BCUT2D eigenvalue weighted by Gasteiger charge is 2.34. The van der Waals surface area contributed by atoms with Gasteiger partial charge in [-0.15, -0.1) is 0 Å². The van der Waals surface area contributed by atoms with E-state index in [1.54, 1.807) is 0 Å². The van der Waals surface area contributed by atoms with E-state index in [2.05, 4.69) is 15.4 Å². The summed E-state index contributed by atoms with van der Waals surface area (Å²) in [6.07, 6.45) is 2.35. The van der Waals surface area contributed by atoms with E-state index in [-0.39, 0.29) is 5.58 Å². The molecule has 5 rings (SSSR count). The van der Waals surface area contributed by atoms with Crippen molar-refractivity contribution >= 4 is 16.8 Å². The quantitative estimate of drug-likeness (QED) is 0.917. The van der Waals surface area contributed by atoms with E-state index in [0.29, 0.717) is 23.2 Å². The van der Waals surface area contributed by atoms with Crippen molar-refractivity contribution < 1.29 is 13.3 Å². The van der Waals surface area contributed by atoms with Gasteiger partial charge in [-0.3, -0.25) is 0 Å². The number of aromatic nitrogens is 1. The van der Waals surface area contributed by atoms with Crippen molar-refractivity contribution in [1.82, 2.24) is 10.1 Å². The number of benzene rings is 1. The van der Waals surface area contributed by atoms with Gasteiger partial charge in [0.25, 0.3) is 0 Å². The Morgan fingerprint density at radius 3 is 2.75 bits per heavy atom. The normalized spacial score (nSPS) is 29.0. The van der Waals surface area contributed by atoms with Gasteiger partial charge in [-0.05, 0) is 44.0 Å². The summed E-state index contributed by atoms with van der Waals surface area (Å²) in [6.45, 7) is 3.28. The van der Waals surface area contributed by atoms with Crippen LogP contribution in [-0.4, -0.2) is 35.7 Å². The average molecular weight is 279 g/mol. The van der Waals surface area contributed by atoms with Crippen LogP contribution in [0.1, 0.15) is 12.8 Å². The van der Waals surface area contributed by atoms with Crippen LogP contribution in [0.25, 0.3) is 11.0 Å². The molecule has 3 aliphatic heterocycles. The Balaban J connectivity index is 1.65. The van der Waals surface area contributed by atoms with Crippen molar-refractivity contribution in [3.8, 4) is 0 Å². The average Bonchev–Trinajstić information content (AvgIpc) is 2.88. The molecule has 0 saturated carbocycles. The fourth-order valence-corrected chi connectivity index (χ4v) is 3.36. The number of hydrogen-bond donors (Lipinski definition) is 1. The molecular formula is C14H15F2N3O. The van der Waals surface area contributed by atoms with Crippen LogP contribution in [0.2, 0.25) is 0 Å². The number of nitrogens with zero attached hydrogens (tertiary/aromatic N) is 2. The number of fused-ring (bicyclic) bond motifs is 4. The van der Waals surface area contributed by atoms with Crippen LogP contribution in [0.3, 0.4) is 0 Å². The molecule has 106 valence electrons. The predicted molar refractivity (Wildman–Crippen MR) is 70.5 cm³/mol. The molecule has 1 atom stereocenters. The summed E-state index contributed by atoms with van der Waals surface area (Å²) in [5.41, 5.74) is -0.117. The standard InChI is InChI=1S/C14H15F2N3O/c15-10-2-1-9-13(12(10)16)20-18-14(9)17-11-7-19-5-3-8(11)4-6-19/h1-2,8,11H,3-7H2,(H,17,18)/t11-/m0/s1. The lowest BCUT2D eigenvalue weighted by Crippen LogP contribution is -2.53. The van der Waals surface area contributed by atoms with Gasteiger partial charge in [0.2, 0.25) is 11.4 Å². The number of piperidine rings is 3. The van der Waals surface area contributed by atoms with Crippen LogP contribution in [0.15, 0.2) is 16.7 Å². The summed E-state index contributed by atoms with van der Waals surface area (Å²) in [5, 5.41) is 7.71. The molecule has 3 aliphatic rings. The maximum atomic E-state index is 13.6. The molecule has 4 heterocycles. The van der Waals surface area contributed by atoms with Crippen molar-refractivity contribution in [2.75, 3.05) is 25.0 Å². The Hall–Kier alpha value is -1.69. The topological polar surface area (TPSA) is 41.3 Å². The Morgan fingerprint density at radius 2 is 2.05 bits per heavy atom. The molecule has 20 heavy (non-hydrogen) atoms. The number of rotatable bonds is 2. The minimum atomic E-state index is -0.975. The molecule has 4 nitrogen and oxygen atoms in total. The van der Waals surface area contributed by atoms with Crippen molar-refractivity contribution in [3.63, 3.8) is 0 Å². The number of nitrogens with one attached hydrogen (secondary N) is 1. The molecule has 3 saturated heterocycles. The first kappa shape index (κ1) is 12.1. The molecular weight excluding hydrogens is 264 g/mol. The van der Waals surface area contributed by atoms with Crippen LogP contribution in [-0.2, 0) is 0 Å².